The lowest BCUT2D eigenvalue weighted by atomic mass is 10.0. The number of hydrogen-bond donors (Lipinski definition) is 2. The van der Waals surface area contributed by atoms with Crippen LogP contribution in [0.4, 0.5) is 5.69 Å². The van der Waals surface area contributed by atoms with Crippen molar-refractivity contribution in [3.63, 3.8) is 0 Å². The van der Waals surface area contributed by atoms with Gasteiger partial charge in [0, 0.05) is 25.5 Å². The Morgan fingerprint density at radius 3 is 2.88 bits per heavy atom. The summed E-state index contributed by atoms with van der Waals surface area (Å²) in [7, 11) is 0. The largest absolute Gasteiger partial charge is 0.326 e. The Hall–Kier alpha value is -2.17. The second-order valence-electron chi connectivity index (χ2n) is 3.86. The quantitative estimate of drug-likeness (QED) is 0.804. The molecule has 0 unspecified atom stereocenters. The van der Waals surface area contributed by atoms with Gasteiger partial charge >= 0.3 is 0 Å². The fourth-order valence-corrected chi connectivity index (χ4v) is 1.66. The van der Waals surface area contributed by atoms with E-state index in [0.29, 0.717) is 12.8 Å². The van der Waals surface area contributed by atoms with E-state index in [1.54, 1.807) is 0 Å². The van der Waals surface area contributed by atoms with Gasteiger partial charge in [0.25, 0.3) is 0 Å². The van der Waals surface area contributed by atoms with Gasteiger partial charge in [0.2, 0.25) is 11.8 Å². The summed E-state index contributed by atoms with van der Waals surface area (Å²) >= 11 is 0. The molecule has 0 radical (unpaired) electrons. The van der Waals surface area contributed by atoms with Crippen LogP contribution in [0.2, 0.25) is 0 Å². The summed E-state index contributed by atoms with van der Waals surface area (Å²) in [5.74, 6) is -0.173. The molecule has 1 aromatic rings. The monoisotopic (exact) mass is 231 g/mol. The number of carbonyl (C=O) groups is 2. The number of hydrogen-bond acceptors (Lipinski definition) is 3. The summed E-state index contributed by atoms with van der Waals surface area (Å²) in [5, 5.41) is 6.72. The zero-order chi connectivity index (χ0) is 12.3. The van der Waals surface area contributed by atoms with E-state index in [2.05, 4.69) is 15.8 Å². The molecule has 88 valence electrons. The number of rotatable bonds is 2. The van der Waals surface area contributed by atoms with Crippen molar-refractivity contribution in [2.45, 2.75) is 19.8 Å². The molecule has 0 bridgehead atoms. The van der Waals surface area contributed by atoms with Crippen molar-refractivity contribution in [2.24, 2.45) is 5.10 Å². The zero-order valence-corrected chi connectivity index (χ0v) is 9.49. The zero-order valence-electron chi connectivity index (χ0n) is 9.49. The SMILES string of the molecule is CC(=O)Nc1cccc(C2=NNC(=O)CC2)c1. The van der Waals surface area contributed by atoms with Crippen molar-refractivity contribution in [2.75, 3.05) is 5.32 Å². The number of nitrogens with zero attached hydrogens (tertiary/aromatic N) is 1. The summed E-state index contributed by atoms with van der Waals surface area (Å²) in [6.45, 7) is 1.46. The lowest BCUT2D eigenvalue weighted by Crippen LogP contribution is -2.25. The Kier molecular flexibility index (Phi) is 3.18. The number of nitrogens with one attached hydrogen (secondary N) is 2. The number of anilines is 1. The third-order valence-corrected chi connectivity index (χ3v) is 2.42. The van der Waals surface area contributed by atoms with Gasteiger partial charge in [-0.2, -0.15) is 5.10 Å². The molecule has 0 spiro atoms. The number of benzene rings is 1. The van der Waals surface area contributed by atoms with Crippen molar-refractivity contribution in [3.05, 3.63) is 29.8 Å². The maximum absolute atomic E-state index is 11.0. The molecule has 0 saturated carbocycles. The second kappa shape index (κ2) is 4.78. The molecule has 1 aromatic carbocycles. The molecule has 2 rings (SSSR count). The molecular formula is C12H13N3O2. The first-order chi connectivity index (χ1) is 8.15. The van der Waals surface area contributed by atoms with Crippen LogP contribution in [-0.4, -0.2) is 17.5 Å². The molecular weight excluding hydrogens is 218 g/mol. The molecule has 0 aliphatic carbocycles. The molecule has 2 N–H and O–H groups in total. The Labute approximate surface area is 98.9 Å². The topological polar surface area (TPSA) is 70.6 Å². The van der Waals surface area contributed by atoms with Gasteiger partial charge in [0.1, 0.15) is 0 Å². The lowest BCUT2D eigenvalue weighted by Gasteiger charge is -2.12. The van der Waals surface area contributed by atoms with E-state index < -0.39 is 0 Å². The van der Waals surface area contributed by atoms with Crippen LogP contribution in [-0.2, 0) is 9.59 Å². The first-order valence-electron chi connectivity index (χ1n) is 5.38. The van der Waals surface area contributed by atoms with E-state index in [4.69, 9.17) is 0 Å². The maximum atomic E-state index is 11.0. The van der Waals surface area contributed by atoms with Gasteiger partial charge in [-0.05, 0) is 17.7 Å². The lowest BCUT2D eigenvalue weighted by molar-refractivity contribution is -0.121. The number of amides is 2. The van der Waals surface area contributed by atoms with Crippen LogP contribution in [0.3, 0.4) is 0 Å². The average molecular weight is 231 g/mol. The van der Waals surface area contributed by atoms with Crippen LogP contribution in [0.15, 0.2) is 29.4 Å². The predicted molar refractivity (Wildman–Crippen MR) is 64.7 cm³/mol. The van der Waals surface area contributed by atoms with Gasteiger partial charge in [0.05, 0.1) is 5.71 Å². The Balaban J connectivity index is 2.21. The average Bonchev–Trinajstić information content (AvgIpc) is 2.29. The van der Waals surface area contributed by atoms with Crippen LogP contribution in [0.25, 0.3) is 0 Å². The van der Waals surface area contributed by atoms with E-state index in [1.807, 2.05) is 24.3 Å². The summed E-state index contributed by atoms with van der Waals surface area (Å²) in [4.78, 5) is 21.9. The molecule has 0 fully saturated rings. The highest BCUT2D eigenvalue weighted by Gasteiger charge is 2.13. The van der Waals surface area contributed by atoms with Gasteiger partial charge in [-0.25, -0.2) is 5.43 Å². The normalized spacial score (nSPS) is 14.9. The minimum Gasteiger partial charge on any atom is -0.326 e. The minimum absolute atomic E-state index is 0.0632. The fraction of sp³-hybridized carbons (Fsp3) is 0.250. The van der Waals surface area contributed by atoms with Crippen LogP contribution in [0, 0.1) is 0 Å². The van der Waals surface area contributed by atoms with E-state index in [9.17, 15) is 9.59 Å². The highest BCUT2D eigenvalue weighted by atomic mass is 16.2. The molecule has 0 aromatic heterocycles. The van der Waals surface area contributed by atoms with Crippen LogP contribution >= 0.6 is 0 Å². The first kappa shape index (κ1) is 11.3. The van der Waals surface area contributed by atoms with Crippen LogP contribution < -0.4 is 10.7 Å². The maximum Gasteiger partial charge on any atom is 0.240 e. The van der Waals surface area contributed by atoms with Crippen LogP contribution in [0.1, 0.15) is 25.3 Å². The summed E-state index contributed by atoms with van der Waals surface area (Å²) < 4.78 is 0. The molecule has 1 aliphatic rings. The van der Waals surface area contributed by atoms with Gasteiger partial charge in [0.15, 0.2) is 0 Å². The summed E-state index contributed by atoms with van der Waals surface area (Å²) in [6.07, 6.45) is 1.07. The predicted octanol–water partition coefficient (Wildman–Crippen LogP) is 1.26. The van der Waals surface area contributed by atoms with Gasteiger partial charge in [-0.15, -0.1) is 0 Å². The van der Waals surface area contributed by atoms with Gasteiger partial charge in [-0.3, -0.25) is 9.59 Å². The molecule has 2 amide bonds. The standard InChI is InChI=1S/C12H13N3O2/c1-8(16)13-10-4-2-3-9(7-10)11-5-6-12(17)15-14-11/h2-4,7H,5-6H2,1H3,(H,13,16)(H,15,17). The van der Waals surface area contributed by atoms with Crippen molar-refractivity contribution in [1.29, 1.82) is 0 Å². The molecule has 17 heavy (non-hydrogen) atoms. The Morgan fingerprint density at radius 1 is 1.41 bits per heavy atom. The summed E-state index contributed by atoms with van der Waals surface area (Å²) in [6, 6.07) is 7.41. The van der Waals surface area contributed by atoms with Crippen molar-refractivity contribution < 1.29 is 9.59 Å². The van der Waals surface area contributed by atoms with E-state index in [1.165, 1.54) is 6.92 Å². The molecule has 5 nitrogen and oxygen atoms in total. The van der Waals surface area contributed by atoms with E-state index in [0.717, 1.165) is 17.0 Å². The Bertz CT molecular complexity index is 494. The summed E-state index contributed by atoms with van der Waals surface area (Å²) in [5.41, 5.74) is 4.93. The first-order valence-corrected chi connectivity index (χ1v) is 5.38. The van der Waals surface area contributed by atoms with Crippen LogP contribution in [0.5, 0.6) is 0 Å². The smallest absolute Gasteiger partial charge is 0.240 e. The van der Waals surface area contributed by atoms with Crippen molar-refractivity contribution in [1.82, 2.24) is 5.43 Å². The highest BCUT2D eigenvalue weighted by Crippen LogP contribution is 2.15. The minimum atomic E-state index is -0.110. The third-order valence-electron chi connectivity index (χ3n) is 2.42. The van der Waals surface area contributed by atoms with Crippen molar-refractivity contribution >= 4 is 23.2 Å². The highest BCUT2D eigenvalue weighted by molar-refractivity contribution is 6.05. The molecule has 5 heteroatoms. The molecule has 0 atom stereocenters. The molecule has 1 heterocycles. The van der Waals surface area contributed by atoms with E-state index in [-0.39, 0.29) is 11.8 Å². The van der Waals surface area contributed by atoms with Gasteiger partial charge in [-0.1, -0.05) is 12.1 Å². The van der Waals surface area contributed by atoms with Crippen molar-refractivity contribution in [3.8, 4) is 0 Å². The second-order valence-corrected chi connectivity index (χ2v) is 3.86. The number of carbonyl (C=O) groups excluding carboxylic acids is 2. The van der Waals surface area contributed by atoms with E-state index >= 15 is 0 Å². The van der Waals surface area contributed by atoms with Gasteiger partial charge < -0.3 is 5.32 Å². The third kappa shape index (κ3) is 2.90. The fourth-order valence-electron chi connectivity index (χ4n) is 1.66. The Morgan fingerprint density at radius 2 is 2.24 bits per heavy atom. The molecule has 1 aliphatic heterocycles. The molecule has 0 saturated heterocycles. The number of hydrazone groups is 1.